The first-order valence-electron chi connectivity index (χ1n) is 4.39. The molecular formula is C10H12O2S3. The molecule has 1 atom stereocenters. The van der Waals surface area contributed by atoms with Crippen LogP contribution in [0.1, 0.15) is 5.56 Å². The molecule has 82 valence electrons. The van der Waals surface area contributed by atoms with Gasteiger partial charge in [-0.1, -0.05) is 51.9 Å². The summed E-state index contributed by atoms with van der Waals surface area (Å²) in [7, 11) is 3.20. The van der Waals surface area contributed by atoms with Crippen molar-refractivity contribution in [1.82, 2.24) is 0 Å². The first-order chi connectivity index (χ1) is 7.20. The Hall–Kier alpha value is -0.260. The van der Waals surface area contributed by atoms with E-state index in [0.29, 0.717) is 5.75 Å². The molecule has 0 aliphatic carbocycles. The smallest absolute Gasteiger partial charge is 0.317 e. The molecule has 5 heteroatoms. The van der Waals surface area contributed by atoms with Gasteiger partial charge < -0.3 is 5.11 Å². The molecule has 1 aromatic carbocycles. The molecule has 0 aliphatic heterocycles. The summed E-state index contributed by atoms with van der Waals surface area (Å²) >= 11 is 3.95. The zero-order valence-corrected chi connectivity index (χ0v) is 10.5. The number of hydrogen-bond acceptors (Lipinski definition) is 4. The SMILES string of the molecule is O=C(O)C(S)CSSCc1ccccc1. The van der Waals surface area contributed by atoms with Gasteiger partial charge in [0.1, 0.15) is 5.25 Å². The van der Waals surface area contributed by atoms with Crippen LogP contribution in [0.4, 0.5) is 0 Å². The van der Waals surface area contributed by atoms with Gasteiger partial charge in [-0.3, -0.25) is 4.79 Å². The minimum atomic E-state index is -0.855. The molecule has 0 heterocycles. The van der Waals surface area contributed by atoms with Crippen molar-refractivity contribution in [2.75, 3.05) is 5.75 Å². The van der Waals surface area contributed by atoms with E-state index in [4.69, 9.17) is 5.11 Å². The van der Waals surface area contributed by atoms with Gasteiger partial charge in [0.15, 0.2) is 0 Å². The Morgan fingerprint density at radius 2 is 2.00 bits per heavy atom. The van der Waals surface area contributed by atoms with E-state index < -0.39 is 11.2 Å². The van der Waals surface area contributed by atoms with Crippen molar-refractivity contribution in [3.8, 4) is 0 Å². The molecule has 0 amide bonds. The average molecular weight is 260 g/mol. The summed E-state index contributed by atoms with van der Waals surface area (Å²) < 4.78 is 0. The Morgan fingerprint density at radius 3 is 2.60 bits per heavy atom. The van der Waals surface area contributed by atoms with E-state index in [1.54, 1.807) is 21.6 Å². The second kappa shape index (κ2) is 7.09. The van der Waals surface area contributed by atoms with Crippen molar-refractivity contribution in [3.63, 3.8) is 0 Å². The van der Waals surface area contributed by atoms with E-state index >= 15 is 0 Å². The third-order valence-corrected chi connectivity index (χ3v) is 4.66. The van der Waals surface area contributed by atoms with Gasteiger partial charge in [-0.15, -0.1) is 0 Å². The van der Waals surface area contributed by atoms with Crippen LogP contribution in [0.2, 0.25) is 0 Å². The van der Waals surface area contributed by atoms with Crippen LogP contribution in [0.25, 0.3) is 0 Å². The van der Waals surface area contributed by atoms with Crippen LogP contribution < -0.4 is 0 Å². The molecular weight excluding hydrogens is 248 g/mol. The third kappa shape index (κ3) is 5.39. The predicted octanol–water partition coefficient (Wildman–Crippen LogP) is 2.95. The first kappa shape index (κ1) is 12.8. The maximum atomic E-state index is 10.5. The van der Waals surface area contributed by atoms with Crippen LogP contribution in [-0.4, -0.2) is 22.1 Å². The van der Waals surface area contributed by atoms with Crippen LogP contribution in [-0.2, 0) is 10.5 Å². The fourth-order valence-corrected chi connectivity index (χ4v) is 3.53. The summed E-state index contributed by atoms with van der Waals surface area (Å²) in [5.74, 6) is 0.563. The number of thiol groups is 1. The minimum absolute atomic E-state index is 0.524. The molecule has 2 nitrogen and oxygen atoms in total. The van der Waals surface area contributed by atoms with Gasteiger partial charge in [-0.05, 0) is 5.56 Å². The largest absolute Gasteiger partial charge is 0.480 e. The zero-order valence-electron chi connectivity index (χ0n) is 8.00. The Morgan fingerprint density at radius 1 is 1.33 bits per heavy atom. The minimum Gasteiger partial charge on any atom is -0.480 e. The van der Waals surface area contributed by atoms with Crippen molar-refractivity contribution < 1.29 is 9.90 Å². The summed E-state index contributed by atoms with van der Waals surface area (Å²) in [6.45, 7) is 0. The molecule has 0 bridgehead atoms. The number of benzene rings is 1. The van der Waals surface area contributed by atoms with Crippen LogP contribution >= 0.6 is 34.2 Å². The molecule has 0 aliphatic rings. The van der Waals surface area contributed by atoms with Gasteiger partial charge in [0.25, 0.3) is 0 Å². The number of carboxylic acids is 1. The highest BCUT2D eigenvalue weighted by atomic mass is 33.1. The summed E-state index contributed by atoms with van der Waals surface area (Å²) in [5, 5.41) is 8.03. The standard InChI is InChI=1S/C10H12O2S3/c11-10(12)9(13)7-15-14-6-8-4-2-1-3-5-8/h1-5,9,13H,6-7H2,(H,11,12). The molecule has 1 rings (SSSR count). The molecule has 0 saturated heterocycles. The van der Waals surface area contributed by atoms with E-state index in [0.717, 1.165) is 5.75 Å². The molecule has 1 aromatic rings. The van der Waals surface area contributed by atoms with Crippen molar-refractivity contribution in [3.05, 3.63) is 35.9 Å². The van der Waals surface area contributed by atoms with E-state index in [1.165, 1.54) is 5.56 Å². The number of carboxylic acid groups (broad SMARTS) is 1. The van der Waals surface area contributed by atoms with Gasteiger partial charge in [0, 0.05) is 11.5 Å². The highest BCUT2D eigenvalue weighted by Gasteiger charge is 2.11. The van der Waals surface area contributed by atoms with E-state index in [1.807, 2.05) is 18.2 Å². The molecule has 0 radical (unpaired) electrons. The highest BCUT2D eigenvalue weighted by Crippen LogP contribution is 2.27. The van der Waals surface area contributed by atoms with Crippen molar-refractivity contribution in [2.45, 2.75) is 11.0 Å². The molecule has 0 fully saturated rings. The van der Waals surface area contributed by atoms with Gasteiger partial charge in [-0.25, -0.2) is 0 Å². The lowest BCUT2D eigenvalue weighted by Gasteiger charge is -2.04. The number of rotatable bonds is 6. The summed E-state index contributed by atoms with van der Waals surface area (Å²) in [6.07, 6.45) is 0. The maximum absolute atomic E-state index is 10.5. The summed E-state index contributed by atoms with van der Waals surface area (Å²) in [6, 6.07) is 10.1. The van der Waals surface area contributed by atoms with Crippen molar-refractivity contribution >= 4 is 40.2 Å². The lowest BCUT2D eigenvalue weighted by Crippen LogP contribution is -2.15. The van der Waals surface area contributed by atoms with Crippen LogP contribution in [0, 0.1) is 0 Å². The lowest BCUT2D eigenvalue weighted by molar-refractivity contribution is -0.135. The second-order valence-electron chi connectivity index (χ2n) is 2.89. The third-order valence-electron chi connectivity index (χ3n) is 1.66. The number of carbonyl (C=O) groups is 1. The van der Waals surface area contributed by atoms with E-state index in [2.05, 4.69) is 24.8 Å². The number of aliphatic carboxylic acids is 1. The van der Waals surface area contributed by atoms with Crippen LogP contribution in [0.3, 0.4) is 0 Å². The quantitative estimate of drug-likeness (QED) is 0.468. The van der Waals surface area contributed by atoms with Crippen molar-refractivity contribution in [1.29, 1.82) is 0 Å². The van der Waals surface area contributed by atoms with E-state index in [9.17, 15) is 4.79 Å². The first-order valence-corrected chi connectivity index (χ1v) is 7.40. The fraction of sp³-hybridized carbons (Fsp3) is 0.300. The van der Waals surface area contributed by atoms with E-state index in [-0.39, 0.29) is 0 Å². The molecule has 0 saturated carbocycles. The van der Waals surface area contributed by atoms with Crippen LogP contribution in [0.5, 0.6) is 0 Å². The molecule has 0 spiro atoms. The second-order valence-corrected chi connectivity index (χ2v) is 6.02. The van der Waals surface area contributed by atoms with Gasteiger partial charge in [-0.2, -0.15) is 12.6 Å². The maximum Gasteiger partial charge on any atom is 0.317 e. The normalized spacial score (nSPS) is 12.3. The average Bonchev–Trinajstić information content (AvgIpc) is 2.25. The predicted molar refractivity (Wildman–Crippen MR) is 70.6 cm³/mol. The molecule has 0 aromatic heterocycles. The Labute approximate surface area is 103 Å². The fourth-order valence-electron chi connectivity index (χ4n) is 0.868. The van der Waals surface area contributed by atoms with Gasteiger partial charge in [0.05, 0.1) is 0 Å². The zero-order chi connectivity index (χ0) is 11.1. The molecule has 15 heavy (non-hydrogen) atoms. The lowest BCUT2D eigenvalue weighted by atomic mass is 10.2. The number of hydrogen-bond donors (Lipinski definition) is 2. The monoisotopic (exact) mass is 260 g/mol. The van der Waals surface area contributed by atoms with Crippen molar-refractivity contribution in [2.24, 2.45) is 0 Å². The highest BCUT2D eigenvalue weighted by molar-refractivity contribution is 8.76. The molecule has 1 N–H and O–H groups in total. The molecule has 1 unspecified atom stereocenters. The summed E-state index contributed by atoms with van der Waals surface area (Å²) in [5.41, 5.74) is 1.25. The summed E-state index contributed by atoms with van der Waals surface area (Å²) in [4.78, 5) is 10.5. The van der Waals surface area contributed by atoms with Gasteiger partial charge in [0.2, 0.25) is 0 Å². The topological polar surface area (TPSA) is 37.3 Å². The van der Waals surface area contributed by atoms with Crippen LogP contribution in [0.15, 0.2) is 30.3 Å². The Balaban J connectivity index is 2.15. The Kier molecular flexibility index (Phi) is 6.05. The van der Waals surface area contributed by atoms with Gasteiger partial charge >= 0.3 is 5.97 Å². The Bertz CT molecular complexity index is 303.